The van der Waals surface area contributed by atoms with Gasteiger partial charge >= 0.3 is 0 Å². The average molecular weight is 286 g/mol. The van der Waals surface area contributed by atoms with E-state index in [2.05, 4.69) is 23.6 Å². The van der Waals surface area contributed by atoms with Crippen molar-refractivity contribution in [1.82, 2.24) is 9.80 Å². The number of Topliss-reactive ketones (excluding diaryl/α,β-unsaturated/α-hetero) is 1. The van der Waals surface area contributed by atoms with Crippen molar-refractivity contribution in [2.24, 2.45) is 0 Å². The minimum absolute atomic E-state index is 0.0725. The molecule has 0 spiro atoms. The molecular formula is C17H22N2O2. The first-order valence-corrected chi connectivity index (χ1v) is 7.65. The van der Waals surface area contributed by atoms with E-state index in [0.717, 1.165) is 37.1 Å². The van der Waals surface area contributed by atoms with E-state index in [4.69, 9.17) is 4.42 Å². The first-order valence-electron chi connectivity index (χ1n) is 7.65. The SMILES string of the molecule is CCN1CCN(CC(=O)c2cc3ccccc3o2)CC1C. The molecule has 1 aliphatic rings. The second-order valence-corrected chi connectivity index (χ2v) is 5.78. The van der Waals surface area contributed by atoms with Gasteiger partial charge in [0.1, 0.15) is 5.58 Å². The van der Waals surface area contributed by atoms with Gasteiger partial charge in [-0.05, 0) is 25.6 Å². The summed E-state index contributed by atoms with van der Waals surface area (Å²) in [6, 6.07) is 10.1. The van der Waals surface area contributed by atoms with Crippen molar-refractivity contribution in [2.45, 2.75) is 19.9 Å². The van der Waals surface area contributed by atoms with Gasteiger partial charge in [0.25, 0.3) is 0 Å². The van der Waals surface area contributed by atoms with Gasteiger partial charge < -0.3 is 4.42 Å². The summed E-state index contributed by atoms with van der Waals surface area (Å²) >= 11 is 0. The number of carbonyl (C=O) groups is 1. The van der Waals surface area contributed by atoms with Crippen molar-refractivity contribution in [2.75, 3.05) is 32.7 Å². The molecule has 0 aliphatic carbocycles. The van der Waals surface area contributed by atoms with Crippen LogP contribution in [0.4, 0.5) is 0 Å². The molecule has 21 heavy (non-hydrogen) atoms. The Labute approximate surface area is 125 Å². The van der Waals surface area contributed by atoms with Crippen LogP contribution in [0.25, 0.3) is 11.0 Å². The second-order valence-electron chi connectivity index (χ2n) is 5.78. The molecule has 1 atom stereocenters. The molecule has 1 unspecified atom stereocenters. The molecule has 1 aliphatic heterocycles. The van der Waals surface area contributed by atoms with Gasteiger partial charge in [-0.1, -0.05) is 25.1 Å². The summed E-state index contributed by atoms with van der Waals surface area (Å²) in [5, 5.41) is 0.991. The lowest BCUT2D eigenvalue weighted by Crippen LogP contribution is -2.52. The lowest BCUT2D eigenvalue weighted by atomic mass is 10.1. The van der Waals surface area contributed by atoms with Crippen LogP contribution in [0.5, 0.6) is 0 Å². The Morgan fingerprint density at radius 3 is 2.86 bits per heavy atom. The van der Waals surface area contributed by atoms with Crippen molar-refractivity contribution in [3.63, 3.8) is 0 Å². The molecule has 2 aromatic rings. The van der Waals surface area contributed by atoms with Crippen LogP contribution in [-0.2, 0) is 0 Å². The predicted molar refractivity (Wildman–Crippen MR) is 83.7 cm³/mol. The molecule has 0 N–H and O–H groups in total. The standard InChI is InChI=1S/C17H22N2O2/c1-3-19-9-8-18(11-13(19)2)12-15(20)17-10-14-6-4-5-7-16(14)21-17/h4-7,10,13H,3,8-9,11-12H2,1-2H3. The van der Waals surface area contributed by atoms with E-state index in [9.17, 15) is 4.79 Å². The Hall–Kier alpha value is -1.65. The Morgan fingerprint density at radius 2 is 2.14 bits per heavy atom. The molecule has 0 radical (unpaired) electrons. The summed E-state index contributed by atoms with van der Waals surface area (Å²) in [6.07, 6.45) is 0. The smallest absolute Gasteiger partial charge is 0.211 e. The number of fused-ring (bicyclic) bond motifs is 1. The van der Waals surface area contributed by atoms with Gasteiger partial charge in [0.15, 0.2) is 5.76 Å². The number of hydrogen-bond donors (Lipinski definition) is 0. The summed E-state index contributed by atoms with van der Waals surface area (Å²) in [7, 11) is 0. The van der Waals surface area contributed by atoms with Crippen LogP contribution in [-0.4, -0.2) is 54.3 Å². The Morgan fingerprint density at radius 1 is 1.33 bits per heavy atom. The molecule has 1 aromatic heterocycles. The van der Waals surface area contributed by atoms with Gasteiger partial charge in [0.2, 0.25) is 5.78 Å². The van der Waals surface area contributed by atoms with Crippen molar-refractivity contribution in [3.05, 3.63) is 36.1 Å². The lowest BCUT2D eigenvalue weighted by molar-refractivity contribution is 0.0706. The first-order chi connectivity index (χ1) is 10.2. The third-order valence-electron chi connectivity index (χ3n) is 4.32. The number of ketones is 1. The number of carbonyl (C=O) groups excluding carboxylic acids is 1. The topological polar surface area (TPSA) is 36.7 Å². The molecule has 1 aromatic carbocycles. The van der Waals surface area contributed by atoms with Crippen LogP contribution < -0.4 is 0 Å². The summed E-state index contributed by atoms with van der Waals surface area (Å²) in [5.41, 5.74) is 0.782. The van der Waals surface area contributed by atoms with Crippen molar-refractivity contribution in [1.29, 1.82) is 0 Å². The van der Waals surface area contributed by atoms with Crippen LogP contribution in [0.15, 0.2) is 34.7 Å². The number of piperazine rings is 1. The van der Waals surface area contributed by atoms with E-state index in [1.165, 1.54) is 0 Å². The average Bonchev–Trinajstić information content (AvgIpc) is 2.91. The van der Waals surface area contributed by atoms with Gasteiger partial charge in [-0.15, -0.1) is 0 Å². The quantitative estimate of drug-likeness (QED) is 0.810. The summed E-state index contributed by atoms with van der Waals surface area (Å²) in [4.78, 5) is 17.1. The number of para-hydroxylation sites is 1. The predicted octanol–water partition coefficient (Wildman–Crippen LogP) is 2.64. The second kappa shape index (κ2) is 6.00. The number of rotatable bonds is 4. The molecule has 0 bridgehead atoms. The van der Waals surface area contributed by atoms with Crippen molar-refractivity contribution < 1.29 is 9.21 Å². The molecule has 2 heterocycles. The van der Waals surface area contributed by atoms with E-state index < -0.39 is 0 Å². The zero-order valence-corrected chi connectivity index (χ0v) is 12.7. The number of furan rings is 1. The highest BCUT2D eigenvalue weighted by Gasteiger charge is 2.24. The summed E-state index contributed by atoms with van der Waals surface area (Å²) < 4.78 is 5.65. The Bertz CT molecular complexity index is 602. The molecule has 0 amide bonds. The van der Waals surface area contributed by atoms with Gasteiger partial charge in [0.05, 0.1) is 6.54 Å². The van der Waals surface area contributed by atoms with Crippen LogP contribution in [0.2, 0.25) is 0 Å². The largest absolute Gasteiger partial charge is 0.453 e. The molecule has 0 saturated carbocycles. The summed E-state index contributed by atoms with van der Waals surface area (Å²) in [5.74, 6) is 0.546. The number of hydrogen-bond acceptors (Lipinski definition) is 4. The minimum Gasteiger partial charge on any atom is -0.453 e. The highest BCUT2D eigenvalue weighted by Crippen LogP contribution is 2.19. The first kappa shape index (κ1) is 14.3. The molecule has 4 heteroatoms. The Balaban J connectivity index is 1.66. The number of likely N-dealkylation sites (N-methyl/N-ethyl adjacent to an activating group) is 1. The van der Waals surface area contributed by atoms with Crippen LogP contribution in [0.3, 0.4) is 0 Å². The lowest BCUT2D eigenvalue weighted by Gasteiger charge is -2.38. The minimum atomic E-state index is 0.0725. The normalized spacial score (nSPS) is 21.0. The molecule has 4 nitrogen and oxygen atoms in total. The monoisotopic (exact) mass is 286 g/mol. The van der Waals surface area contributed by atoms with E-state index in [0.29, 0.717) is 18.3 Å². The van der Waals surface area contributed by atoms with Gasteiger partial charge in [-0.25, -0.2) is 0 Å². The number of benzene rings is 1. The molecule has 3 rings (SSSR count). The third kappa shape index (κ3) is 3.01. The van der Waals surface area contributed by atoms with Crippen LogP contribution in [0, 0.1) is 0 Å². The highest BCUT2D eigenvalue weighted by molar-refractivity contribution is 5.98. The maximum atomic E-state index is 12.4. The van der Waals surface area contributed by atoms with Crippen LogP contribution in [0.1, 0.15) is 24.4 Å². The highest BCUT2D eigenvalue weighted by atomic mass is 16.3. The zero-order chi connectivity index (χ0) is 14.8. The van der Waals surface area contributed by atoms with Crippen molar-refractivity contribution in [3.8, 4) is 0 Å². The maximum absolute atomic E-state index is 12.4. The van der Waals surface area contributed by atoms with E-state index in [1.807, 2.05) is 30.3 Å². The fourth-order valence-corrected chi connectivity index (χ4v) is 3.08. The van der Waals surface area contributed by atoms with Gasteiger partial charge in [-0.2, -0.15) is 0 Å². The van der Waals surface area contributed by atoms with Crippen molar-refractivity contribution >= 4 is 16.8 Å². The summed E-state index contributed by atoms with van der Waals surface area (Å²) in [6.45, 7) is 8.86. The maximum Gasteiger partial charge on any atom is 0.211 e. The third-order valence-corrected chi connectivity index (χ3v) is 4.32. The zero-order valence-electron chi connectivity index (χ0n) is 12.7. The molecular weight excluding hydrogens is 264 g/mol. The van der Waals surface area contributed by atoms with Gasteiger partial charge in [-0.3, -0.25) is 14.6 Å². The van der Waals surface area contributed by atoms with E-state index in [1.54, 1.807) is 0 Å². The van der Waals surface area contributed by atoms with E-state index in [-0.39, 0.29) is 5.78 Å². The Kier molecular flexibility index (Phi) is 4.08. The van der Waals surface area contributed by atoms with Gasteiger partial charge in [0, 0.05) is 31.1 Å². The van der Waals surface area contributed by atoms with E-state index >= 15 is 0 Å². The fraction of sp³-hybridized carbons (Fsp3) is 0.471. The molecule has 112 valence electrons. The van der Waals surface area contributed by atoms with Crippen LogP contribution >= 0.6 is 0 Å². The molecule has 1 saturated heterocycles. The number of nitrogens with zero attached hydrogens (tertiary/aromatic N) is 2. The fourth-order valence-electron chi connectivity index (χ4n) is 3.08. The molecule has 1 fully saturated rings.